The van der Waals surface area contributed by atoms with Crippen molar-refractivity contribution in [3.8, 4) is 9.88 Å². The summed E-state index contributed by atoms with van der Waals surface area (Å²) in [6.45, 7) is 6.27. The van der Waals surface area contributed by atoms with E-state index in [0.29, 0.717) is 12.0 Å². The fourth-order valence-electron chi connectivity index (χ4n) is 1.85. The minimum Gasteiger partial charge on any atom is -0.358 e. The molecule has 0 aromatic carbocycles. The molecule has 6 heteroatoms. The highest BCUT2D eigenvalue weighted by atomic mass is 32.1. The van der Waals surface area contributed by atoms with Gasteiger partial charge in [-0.1, -0.05) is 11.3 Å². The first kappa shape index (κ1) is 12.0. The molecule has 0 bridgehead atoms. The number of hydrogen-bond donors (Lipinski definition) is 1. The molecule has 0 atom stereocenters. The van der Waals surface area contributed by atoms with E-state index in [0.717, 1.165) is 15.1 Å². The summed E-state index contributed by atoms with van der Waals surface area (Å²) in [6, 6.07) is 0.386. The average Bonchev–Trinajstić information content (AvgIpc) is 2.92. The fraction of sp³-hybridized carbons (Fsp3) is 0.583. The van der Waals surface area contributed by atoms with E-state index in [-0.39, 0.29) is 0 Å². The van der Waals surface area contributed by atoms with Gasteiger partial charge in [0.2, 0.25) is 5.13 Å². The van der Waals surface area contributed by atoms with Crippen LogP contribution >= 0.6 is 22.7 Å². The molecule has 96 valence electrons. The predicted octanol–water partition coefficient (Wildman–Crippen LogP) is 3.67. The summed E-state index contributed by atoms with van der Waals surface area (Å²) in [7, 11) is 0. The number of anilines is 1. The van der Waals surface area contributed by atoms with Crippen molar-refractivity contribution in [1.82, 2.24) is 15.2 Å². The van der Waals surface area contributed by atoms with Gasteiger partial charge in [-0.2, -0.15) is 0 Å². The Kier molecular flexibility index (Phi) is 3.07. The van der Waals surface area contributed by atoms with Crippen LogP contribution in [0.25, 0.3) is 9.88 Å². The lowest BCUT2D eigenvalue weighted by atomic mass is 10.2. The maximum atomic E-state index is 4.66. The lowest BCUT2D eigenvalue weighted by Gasteiger charge is -2.03. The van der Waals surface area contributed by atoms with E-state index in [4.69, 9.17) is 0 Å². The Labute approximate surface area is 114 Å². The Bertz CT molecular complexity index is 554. The molecule has 4 nitrogen and oxygen atoms in total. The van der Waals surface area contributed by atoms with Gasteiger partial charge < -0.3 is 5.32 Å². The Morgan fingerprint density at radius 1 is 1.22 bits per heavy atom. The molecule has 0 aliphatic heterocycles. The van der Waals surface area contributed by atoms with Crippen molar-refractivity contribution >= 4 is 27.8 Å². The SMILES string of the molecule is Cc1nc(C2CC2)c(-c2nnc(NC(C)C)s2)s1. The summed E-state index contributed by atoms with van der Waals surface area (Å²) in [4.78, 5) is 5.88. The molecule has 0 spiro atoms. The van der Waals surface area contributed by atoms with Crippen LogP contribution in [0.4, 0.5) is 5.13 Å². The van der Waals surface area contributed by atoms with Crippen molar-refractivity contribution in [2.24, 2.45) is 0 Å². The molecule has 1 N–H and O–H groups in total. The first-order valence-corrected chi connectivity index (χ1v) is 7.84. The van der Waals surface area contributed by atoms with Crippen LogP contribution in [0.1, 0.15) is 43.3 Å². The summed E-state index contributed by atoms with van der Waals surface area (Å²) in [5, 5.41) is 14.8. The van der Waals surface area contributed by atoms with Crippen LogP contribution in [0.2, 0.25) is 0 Å². The van der Waals surface area contributed by atoms with Crippen LogP contribution in [0.5, 0.6) is 0 Å². The topological polar surface area (TPSA) is 50.7 Å². The van der Waals surface area contributed by atoms with Crippen molar-refractivity contribution in [3.63, 3.8) is 0 Å². The molecule has 0 radical (unpaired) electrons. The number of nitrogens with one attached hydrogen (secondary N) is 1. The molecule has 1 aliphatic rings. The largest absolute Gasteiger partial charge is 0.358 e. The van der Waals surface area contributed by atoms with Gasteiger partial charge in [-0.05, 0) is 33.6 Å². The minimum atomic E-state index is 0.386. The van der Waals surface area contributed by atoms with Crippen LogP contribution in [-0.2, 0) is 0 Å². The third kappa shape index (κ3) is 2.40. The van der Waals surface area contributed by atoms with Gasteiger partial charge in [-0.3, -0.25) is 0 Å². The normalized spacial score (nSPS) is 15.3. The third-order valence-electron chi connectivity index (χ3n) is 2.76. The van der Waals surface area contributed by atoms with Crippen LogP contribution in [0.3, 0.4) is 0 Å². The minimum absolute atomic E-state index is 0.386. The van der Waals surface area contributed by atoms with E-state index in [1.54, 1.807) is 22.7 Å². The summed E-state index contributed by atoms with van der Waals surface area (Å²) in [6.07, 6.45) is 2.54. The third-order valence-corrected chi connectivity index (χ3v) is 4.75. The zero-order chi connectivity index (χ0) is 12.7. The summed E-state index contributed by atoms with van der Waals surface area (Å²) in [5.41, 5.74) is 1.24. The Morgan fingerprint density at radius 2 is 2.00 bits per heavy atom. The Balaban J connectivity index is 1.91. The second-order valence-corrected chi connectivity index (χ2v) is 7.11. The van der Waals surface area contributed by atoms with Gasteiger partial charge >= 0.3 is 0 Å². The summed E-state index contributed by atoms with van der Waals surface area (Å²) < 4.78 is 0. The summed E-state index contributed by atoms with van der Waals surface area (Å²) >= 11 is 3.36. The van der Waals surface area contributed by atoms with Crippen LogP contribution in [-0.4, -0.2) is 21.2 Å². The number of thiazole rings is 1. The quantitative estimate of drug-likeness (QED) is 0.928. The predicted molar refractivity (Wildman–Crippen MR) is 76.5 cm³/mol. The van der Waals surface area contributed by atoms with E-state index in [2.05, 4.69) is 41.3 Å². The van der Waals surface area contributed by atoms with Gasteiger partial charge in [0.15, 0.2) is 5.01 Å². The van der Waals surface area contributed by atoms with Gasteiger partial charge in [-0.25, -0.2) is 4.98 Å². The van der Waals surface area contributed by atoms with E-state index in [1.165, 1.54) is 23.4 Å². The molecule has 1 fully saturated rings. The van der Waals surface area contributed by atoms with Crippen molar-refractivity contribution in [1.29, 1.82) is 0 Å². The summed E-state index contributed by atoms with van der Waals surface area (Å²) in [5.74, 6) is 0.662. The number of rotatable bonds is 4. The number of nitrogens with zero attached hydrogens (tertiary/aromatic N) is 3. The zero-order valence-corrected chi connectivity index (χ0v) is 12.4. The van der Waals surface area contributed by atoms with Crippen LogP contribution in [0.15, 0.2) is 0 Å². The first-order chi connectivity index (χ1) is 8.63. The molecule has 1 aliphatic carbocycles. The molecule has 18 heavy (non-hydrogen) atoms. The molecule has 1 saturated carbocycles. The molecule has 0 saturated heterocycles. The van der Waals surface area contributed by atoms with E-state index >= 15 is 0 Å². The average molecular weight is 280 g/mol. The van der Waals surface area contributed by atoms with Gasteiger partial charge in [0.25, 0.3) is 0 Å². The van der Waals surface area contributed by atoms with Gasteiger partial charge in [0.1, 0.15) is 0 Å². The molecule has 0 unspecified atom stereocenters. The first-order valence-electron chi connectivity index (χ1n) is 6.21. The molecule has 2 aromatic heterocycles. The van der Waals surface area contributed by atoms with Gasteiger partial charge in [-0.15, -0.1) is 21.5 Å². The van der Waals surface area contributed by atoms with Crippen molar-refractivity contribution in [3.05, 3.63) is 10.7 Å². The van der Waals surface area contributed by atoms with Gasteiger partial charge in [0.05, 0.1) is 15.6 Å². The number of aryl methyl sites for hydroxylation is 1. The maximum Gasteiger partial charge on any atom is 0.206 e. The van der Waals surface area contributed by atoms with Crippen molar-refractivity contribution in [2.45, 2.75) is 45.6 Å². The highest BCUT2D eigenvalue weighted by molar-refractivity contribution is 7.23. The number of aromatic nitrogens is 3. The molecule has 3 rings (SSSR count). The van der Waals surface area contributed by atoms with Gasteiger partial charge in [0, 0.05) is 12.0 Å². The molecular weight excluding hydrogens is 264 g/mol. The Morgan fingerprint density at radius 3 is 2.67 bits per heavy atom. The lowest BCUT2D eigenvalue weighted by Crippen LogP contribution is -2.08. The standard InChI is InChI=1S/C12H16N4S2/c1-6(2)13-12-16-15-11(18-12)10-9(8-4-5-8)14-7(3)17-10/h6,8H,4-5H2,1-3H3,(H,13,16). The highest BCUT2D eigenvalue weighted by Gasteiger charge is 2.30. The lowest BCUT2D eigenvalue weighted by molar-refractivity contribution is 0.888. The van der Waals surface area contributed by atoms with E-state index in [1.807, 2.05) is 0 Å². The molecule has 2 heterocycles. The maximum absolute atomic E-state index is 4.66. The van der Waals surface area contributed by atoms with Crippen molar-refractivity contribution < 1.29 is 0 Å². The number of hydrogen-bond acceptors (Lipinski definition) is 6. The second kappa shape index (κ2) is 4.59. The monoisotopic (exact) mass is 280 g/mol. The molecule has 0 amide bonds. The van der Waals surface area contributed by atoms with E-state index in [9.17, 15) is 0 Å². The second-order valence-electron chi connectivity index (χ2n) is 4.93. The molecule has 2 aromatic rings. The van der Waals surface area contributed by atoms with Crippen molar-refractivity contribution in [2.75, 3.05) is 5.32 Å². The smallest absolute Gasteiger partial charge is 0.206 e. The fourth-order valence-corrected chi connectivity index (χ4v) is 3.82. The van der Waals surface area contributed by atoms with E-state index < -0.39 is 0 Å². The zero-order valence-electron chi connectivity index (χ0n) is 10.7. The van der Waals surface area contributed by atoms with Crippen LogP contribution in [0, 0.1) is 6.92 Å². The Hall–Kier alpha value is -1.01. The van der Waals surface area contributed by atoms with Crippen LogP contribution < -0.4 is 5.32 Å². The highest BCUT2D eigenvalue weighted by Crippen LogP contribution is 2.46. The molecular formula is C12H16N4S2.